The first-order valence-electron chi connectivity index (χ1n) is 10.3. The second-order valence-electron chi connectivity index (χ2n) is 9.26. The van der Waals surface area contributed by atoms with Gasteiger partial charge in [-0.2, -0.15) is 0 Å². The number of sulfonamides is 1. The van der Waals surface area contributed by atoms with Gasteiger partial charge in [0.15, 0.2) is 0 Å². The molecule has 2 unspecified atom stereocenters. The fourth-order valence-electron chi connectivity index (χ4n) is 5.68. The lowest BCUT2D eigenvalue weighted by atomic mass is 9.68. The van der Waals surface area contributed by atoms with Crippen molar-refractivity contribution in [2.24, 2.45) is 17.8 Å². The molecule has 3 saturated carbocycles. The highest BCUT2D eigenvalue weighted by molar-refractivity contribution is 7.89. The van der Waals surface area contributed by atoms with Crippen LogP contribution in [0.25, 0.3) is 0 Å². The number of rotatable bonds is 4. The van der Waals surface area contributed by atoms with Gasteiger partial charge in [-0.25, -0.2) is 13.1 Å². The number of nitrogens with zero attached hydrogens (tertiary/aromatic N) is 1. The van der Waals surface area contributed by atoms with E-state index in [0.717, 1.165) is 49.6 Å². The predicted octanol–water partition coefficient (Wildman–Crippen LogP) is 3.09. The molecule has 2 heterocycles. The third-order valence-corrected chi connectivity index (χ3v) is 8.53. The normalized spacial score (nSPS) is 32.6. The second-order valence-corrected chi connectivity index (χ2v) is 11.0. The number of benzene rings is 1. The van der Waals surface area contributed by atoms with Crippen molar-refractivity contribution in [1.82, 2.24) is 9.62 Å². The molecule has 0 spiro atoms. The van der Waals surface area contributed by atoms with E-state index in [1.54, 1.807) is 18.2 Å². The Morgan fingerprint density at radius 2 is 1.70 bits per heavy atom. The molecule has 0 radical (unpaired) electrons. The Labute approximate surface area is 161 Å². The molecular weight excluding hydrogens is 360 g/mol. The lowest BCUT2D eigenvalue weighted by molar-refractivity contribution is 0.0631. The zero-order valence-corrected chi connectivity index (χ0v) is 16.7. The van der Waals surface area contributed by atoms with E-state index in [9.17, 15) is 13.2 Å². The topological polar surface area (TPSA) is 66.5 Å². The summed E-state index contributed by atoms with van der Waals surface area (Å²) in [6, 6.07) is 5.38. The summed E-state index contributed by atoms with van der Waals surface area (Å²) in [7, 11) is -3.55. The third-order valence-electron chi connectivity index (χ3n) is 7.02. The maximum atomic E-state index is 13.5. The van der Waals surface area contributed by atoms with Crippen LogP contribution in [0.15, 0.2) is 23.1 Å². The largest absolute Gasteiger partial charge is 0.335 e. The summed E-state index contributed by atoms with van der Waals surface area (Å²) in [4.78, 5) is 15.8. The molecule has 1 amide bonds. The molecule has 5 nitrogen and oxygen atoms in total. The molecule has 1 aromatic carbocycles. The molecule has 2 aliphatic heterocycles. The van der Waals surface area contributed by atoms with E-state index in [-0.39, 0.29) is 16.8 Å². The average Bonchev–Trinajstić information content (AvgIpc) is 3.43. The van der Waals surface area contributed by atoms with Crippen LogP contribution in [0.4, 0.5) is 0 Å². The summed E-state index contributed by atoms with van der Waals surface area (Å²) in [5.41, 5.74) is 1.41. The number of aryl methyl sites for hydroxylation is 1. The van der Waals surface area contributed by atoms with E-state index in [2.05, 4.69) is 9.62 Å². The van der Waals surface area contributed by atoms with E-state index < -0.39 is 10.0 Å². The van der Waals surface area contributed by atoms with E-state index in [1.165, 1.54) is 19.3 Å². The van der Waals surface area contributed by atoms with Gasteiger partial charge in [0.1, 0.15) is 0 Å². The van der Waals surface area contributed by atoms with Crippen molar-refractivity contribution in [2.45, 2.75) is 68.8 Å². The Morgan fingerprint density at radius 3 is 2.37 bits per heavy atom. The lowest BCUT2D eigenvalue weighted by Crippen LogP contribution is -2.42. The van der Waals surface area contributed by atoms with E-state index in [1.807, 2.05) is 6.92 Å². The first-order valence-corrected chi connectivity index (χ1v) is 11.8. The minimum atomic E-state index is -3.55. The van der Waals surface area contributed by atoms with Gasteiger partial charge in [0.05, 0.1) is 4.90 Å². The van der Waals surface area contributed by atoms with Crippen LogP contribution in [0.2, 0.25) is 0 Å². The van der Waals surface area contributed by atoms with Crippen molar-refractivity contribution < 1.29 is 13.2 Å². The molecule has 0 aromatic heterocycles. The summed E-state index contributed by atoms with van der Waals surface area (Å²) < 4.78 is 27.9. The molecule has 4 bridgehead atoms. The third kappa shape index (κ3) is 3.31. The van der Waals surface area contributed by atoms with Gasteiger partial charge < -0.3 is 4.90 Å². The Hall–Kier alpha value is -1.40. The number of amides is 1. The maximum Gasteiger partial charge on any atom is 0.254 e. The molecule has 3 aliphatic carbocycles. The highest BCUT2D eigenvalue weighted by Gasteiger charge is 2.44. The monoisotopic (exact) mass is 388 g/mol. The number of hydrogen-bond acceptors (Lipinski definition) is 3. The molecule has 1 N–H and O–H groups in total. The number of carbonyl (C=O) groups excluding carboxylic acids is 1. The predicted molar refractivity (Wildman–Crippen MR) is 103 cm³/mol. The smallest absolute Gasteiger partial charge is 0.254 e. The van der Waals surface area contributed by atoms with Gasteiger partial charge in [0.25, 0.3) is 5.91 Å². The van der Waals surface area contributed by atoms with Crippen LogP contribution in [0.3, 0.4) is 0 Å². The summed E-state index contributed by atoms with van der Waals surface area (Å²) in [5, 5.41) is 0. The molecule has 6 heteroatoms. The van der Waals surface area contributed by atoms with Gasteiger partial charge in [0, 0.05) is 24.2 Å². The first kappa shape index (κ1) is 17.7. The molecule has 5 fully saturated rings. The van der Waals surface area contributed by atoms with Gasteiger partial charge in [-0.05, 0) is 87.3 Å². The van der Waals surface area contributed by atoms with Crippen LogP contribution in [0.1, 0.15) is 60.9 Å². The van der Waals surface area contributed by atoms with Gasteiger partial charge >= 0.3 is 0 Å². The van der Waals surface area contributed by atoms with Crippen LogP contribution >= 0.6 is 0 Å². The van der Waals surface area contributed by atoms with Gasteiger partial charge in [0.2, 0.25) is 10.0 Å². The Kier molecular flexibility index (Phi) is 4.13. The standard InChI is InChI=1S/C21H28N2O3S/c1-13-2-5-19(27(25,26)22-17-3-4-17)11-20(13)21(24)23-12-16-7-14-6-15(8-16)10-18(23)9-14/h2,5,11,14-18,22H,3-4,6-10,12H2,1H3. The van der Waals surface area contributed by atoms with Crippen LogP contribution in [0, 0.1) is 24.7 Å². The number of hydrogen-bond donors (Lipinski definition) is 1. The van der Waals surface area contributed by atoms with E-state index >= 15 is 0 Å². The van der Waals surface area contributed by atoms with Crippen molar-refractivity contribution in [3.8, 4) is 0 Å². The molecule has 1 aromatic rings. The molecule has 27 heavy (non-hydrogen) atoms. The quantitative estimate of drug-likeness (QED) is 0.862. The van der Waals surface area contributed by atoms with Crippen molar-refractivity contribution in [3.63, 3.8) is 0 Å². The molecule has 6 rings (SSSR count). The maximum absolute atomic E-state index is 13.5. The van der Waals surface area contributed by atoms with Crippen molar-refractivity contribution in [3.05, 3.63) is 29.3 Å². The minimum absolute atomic E-state index is 0.0224. The number of fused-ring (bicyclic) bond motifs is 1. The van der Waals surface area contributed by atoms with Crippen molar-refractivity contribution in [1.29, 1.82) is 0 Å². The summed E-state index contributed by atoms with van der Waals surface area (Å²) in [6.07, 6.45) is 7.91. The summed E-state index contributed by atoms with van der Waals surface area (Å²) in [5.74, 6) is 2.20. The molecule has 2 saturated heterocycles. The van der Waals surface area contributed by atoms with Crippen LogP contribution < -0.4 is 4.72 Å². The average molecular weight is 389 g/mol. The number of nitrogens with one attached hydrogen (secondary N) is 1. The minimum Gasteiger partial charge on any atom is -0.335 e. The van der Waals surface area contributed by atoms with E-state index in [4.69, 9.17) is 0 Å². The zero-order chi connectivity index (χ0) is 18.8. The van der Waals surface area contributed by atoms with E-state index in [0.29, 0.717) is 17.5 Å². The molecule has 146 valence electrons. The summed E-state index contributed by atoms with van der Waals surface area (Å²) >= 11 is 0. The van der Waals surface area contributed by atoms with Crippen LogP contribution in [-0.4, -0.2) is 37.9 Å². The van der Waals surface area contributed by atoms with Crippen molar-refractivity contribution >= 4 is 15.9 Å². The van der Waals surface area contributed by atoms with Crippen LogP contribution in [0.5, 0.6) is 0 Å². The van der Waals surface area contributed by atoms with Gasteiger partial charge in [-0.3, -0.25) is 4.79 Å². The lowest BCUT2D eigenvalue weighted by Gasteiger charge is -2.39. The fourth-order valence-corrected chi connectivity index (χ4v) is 7.01. The Balaban J connectivity index is 1.45. The number of carbonyl (C=O) groups is 1. The van der Waals surface area contributed by atoms with Crippen molar-refractivity contribution in [2.75, 3.05) is 6.54 Å². The Morgan fingerprint density at radius 1 is 1.04 bits per heavy atom. The Bertz CT molecular complexity index is 863. The SMILES string of the molecule is Cc1ccc(S(=O)(=O)NC2CC2)cc1C(=O)N1CC2CC3CC(C2)CC1C3. The van der Waals surface area contributed by atoms with Crippen LogP contribution in [-0.2, 0) is 10.0 Å². The highest BCUT2D eigenvalue weighted by Crippen LogP contribution is 2.47. The van der Waals surface area contributed by atoms with Gasteiger partial charge in [-0.15, -0.1) is 0 Å². The highest BCUT2D eigenvalue weighted by atomic mass is 32.2. The fraction of sp³-hybridized carbons (Fsp3) is 0.667. The summed E-state index contributed by atoms with van der Waals surface area (Å²) in [6.45, 7) is 2.74. The molecular formula is C21H28N2O3S. The first-order chi connectivity index (χ1) is 12.9. The second kappa shape index (κ2) is 6.31. The zero-order valence-electron chi connectivity index (χ0n) is 15.9. The molecule has 2 atom stereocenters. The molecule has 5 aliphatic rings. The van der Waals surface area contributed by atoms with Gasteiger partial charge in [-0.1, -0.05) is 6.07 Å².